The zero-order valence-corrected chi connectivity index (χ0v) is 12.2. The Morgan fingerprint density at radius 3 is 2.89 bits per heavy atom. The van der Waals surface area contributed by atoms with Gasteiger partial charge in [-0.25, -0.2) is 0 Å². The molecule has 1 aliphatic heterocycles. The Morgan fingerprint density at radius 2 is 2.28 bits per heavy atom. The molecular weight excluding hydrogens is 310 g/mol. The zero-order valence-electron chi connectivity index (χ0n) is 9.82. The summed E-state index contributed by atoms with van der Waals surface area (Å²) in [7, 11) is 0. The Morgan fingerprint density at radius 1 is 1.39 bits per heavy atom. The van der Waals surface area contributed by atoms with Gasteiger partial charge in [0.2, 0.25) is 0 Å². The van der Waals surface area contributed by atoms with Crippen molar-refractivity contribution in [3.05, 3.63) is 34.3 Å². The van der Waals surface area contributed by atoms with Crippen LogP contribution < -0.4 is 5.73 Å². The van der Waals surface area contributed by atoms with E-state index >= 15 is 0 Å². The van der Waals surface area contributed by atoms with Gasteiger partial charge in [-0.3, -0.25) is 5.10 Å². The lowest BCUT2D eigenvalue weighted by atomic mass is 9.97. The lowest BCUT2D eigenvalue weighted by Gasteiger charge is -2.12. The normalized spacial score (nSPS) is 19.3. The Labute approximate surface area is 119 Å². The summed E-state index contributed by atoms with van der Waals surface area (Å²) in [6, 6.07) is 8.35. The van der Waals surface area contributed by atoms with Gasteiger partial charge in [0.15, 0.2) is 0 Å². The van der Waals surface area contributed by atoms with E-state index in [2.05, 4.69) is 44.3 Å². The van der Waals surface area contributed by atoms with Crippen molar-refractivity contribution in [2.45, 2.75) is 12.3 Å². The van der Waals surface area contributed by atoms with Gasteiger partial charge < -0.3 is 5.73 Å². The number of hydrogen-bond acceptors (Lipinski definition) is 3. The molecular formula is C13H14BrN3S. The largest absolute Gasteiger partial charge is 0.382 e. The minimum atomic E-state index is 0.525. The highest BCUT2D eigenvalue weighted by Gasteiger charge is 2.20. The van der Waals surface area contributed by atoms with Crippen molar-refractivity contribution in [1.29, 1.82) is 0 Å². The highest BCUT2D eigenvalue weighted by atomic mass is 79.9. The van der Waals surface area contributed by atoms with Crippen LogP contribution in [0.1, 0.15) is 17.9 Å². The molecule has 3 rings (SSSR count). The lowest BCUT2D eigenvalue weighted by molar-refractivity contribution is 0.778. The number of aromatic nitrogens is 2. The number of nitrogens with zero attached hydrogens (tertiary/aromatic N) is 1. The Bertz CT molecular complexity index is 561. The summed E-state index contributed by atoms with van der Waals surface area (Å²) in [6.45, 7) is 0. The highest BCUT2D eigenvalue weighted by molar-refractivity contribution is 9.10. The molecule has 1 atom stereocenters. The molecule has 2 heterocycles. The number of hydrogen-bond donors (Lipinski definition) is 2. The van der Waals surface area contributed by atoms with E-state index in [4.69, 9.17) is 5.73 Å². The van der Waals surface area contributed by atoms with E-state index in [0.29, 0.717) is 11.7 Å². The van der Waals surface area contributed by atoms with E-state index in [1.165, 1.54) is 28.0 Å². The second kappa shape index (κ2) is 4.97. The molecule has 1 saturated heterocycles. The van der Waals surface area contributed by atoms with Crippen molar-refractivity contribution in [1.82, 2.24) is 10.2 Å². The molecule has 1 aromatic carbocycles. The molecule has 0 saturated carbocycles. The Hall–Kier alpha value is -0.940. The maximum absolute atomic E-state index is 5.63. The summed E-state index contributed by atoms with van der Waals surface area (Å²) in [6.07, 6.45) is 1.28. The van der Waals surface area contributed by atoms with Gasteiger partial charge in [0.1, 0.15) is 5.82 Å². The molecule has 0 bridgehead atoms. The molecule has 5 heteroatoms. The third kappa shape index (κ3) is 2.29. The van der Waals surface area contributed by atoms with Gasteiger partial charge in [-0.1, -0.05) is 28.1 Å². The van der Waals surface area contributed by atoms with Crippen LogP contribution >= 0.6 is 27.7 Å². The van der Waals surface area contributed by atoms with Crippen molar-refractivity contribution < 1.29 is 0 Å². The molecule has 1 unspecified atom stereocenters. The third-order valence-corrected chi connectivity index (χ3v) is 5.13. The van der Waals surface area contributed by atoms with Crippen LogP contribution in [-0.4, -0.2) is 21.7 Å². The summed E-state index contributed by atoms with van der Waals surface area (Å²) in [4.78, 5) is 0. The van der Waals surface area contributed by atoms with E-state index in [9.17, 15) is 0 Å². The third-order valence-electron chi connectivity index (χ3n) is 3.28. The number of aromatic amines is 1. The molecule has 2 aromatic rings. The van der Waals surface area contributed by atoms with Gasteiger partial charge in [-0.2, -0.15) is 16.9 Å². The van der Waals surface area contributed by atoms with Crippen LogP contribution in [0.5, 0.6) is 0 Å². The van der Waals surface area contributed by atoms with Crippen LogP contribution in [0.2, 0.25) is 0 Å². The number of nitrogens with one attached hydrogen (secondary N) is 1. The van der Waals surface area contributed by atoms with Crippen LogP contribution in [0.25, 0.3) is 11.3 Å². The van der Waals surface area contributed by atoms with Gasteiger partial charge >= 0.3 is 0 Å². The van der Waals surface area contributed by atoms with E-state index in [0.717, 1.165) is 11.3 Å². The fraction of sp³-hybridized carbons (Fsp3) is 0.308. The average molecular weight is 324 g/mol. The molecule has 3 nitrogen and oxygen atoms in total. The number of rotatable bonds is 2. The van der Waals surface area contributed by atoms with Crippen LogP contribution in [0, 0.1) is 0 Å². The maximum Gasteiger partial charge on any atom is 0.145 e. The summed E-state index contributed by atoms with van der Waals surface area (Å²) in [5.41, 5.74) is 9.11. The predicted octanol–water partition coefficient (Wildman–Crippen LogP) is 3.64. The number of thioether (sulfide) groups is 1. The molecule has 1 aromatic heterocycles. The minimum Gasteiger partial charge on any atom is -0.382 e. The van der Waals surface area contributed by atoms with Crippen LogP contribution in [0.4, 0.5) is 5.82 Å². The smallest absolute Gasteiger partial charge is 0.145 e. The average Bonchev–Trinajstić information content (AvgIpc) is 2.99. The van der Waals surface area contributed by atoms with Crippen molar-refractivity contribution >= 4 is 33.5 Å². The second-order valence-electron chi connectivity index (χ2n) is 4.50. The molecule has 18 heavy (non-hydrogen) atoms. The fourth-order valence-electron chi connectivity index (χ4n) is 2.29. The molecule has 94 valence electrons. The molecule has 0 aliphatic carbocycles. The Balaban J connectivity index is 1.93. The number of anilines is 1. The first-order valence-corrected chi connectivity index (χ1v) is 7.87. The van der Waals surface area contributed by atoms with E-state index in [1.807, 2.05) is 17.8 Å². The summed E-state index contributed by atoms with van der Waals surface area (Å²) >= 11 is 5.72. The molecule has 0 spiro atoms. The maximum atomic E-state index is 5.63. The molecule has 1 aliphatic rings. The minimum absolute atomic E-state index is 0.525. The SMILES string of the molecule is Nc1cc(-c2ccc(C3CCSC3)c(Br)c2)[nH]n1. The monoisotopic (exact) mass is 323 g/mol. The summed E-state index contributed by atoms with van der Waals surface area (Å²) in [5, 5.41) is 6.89. The van der Waals surface area contributed by atoms with Crippen LogP contribution in [-0.2, 0) is 0 Å². The summed E-state index contributed by atoms with van der Waals surface area (Å²) in [5.74, 6) is 3.72. The molecule has 0 amide bonds. The number of H-pyrrole nitrogens is 1. The topological polar surface area (TPSA) is 54.7 Å². The van der Waals surface area contributed by atoms with Crippen molar-refractivity contribution in [2.75, 3.05) is 17.2 Å². The quantitative estimate of drug-likeness (QED) is 0.887. The first-order valence-electron chi connectivity index (χ1n) is 5.92. The fourth-order valence-corrected chi connectivity index (χ4v) is 4.24. The standard InChI is InChI=1S/C13H14BrN3S/c14-11-5-8(12-6-13(15)17-16-12)1-2-10(11)9-3-4-18-7-9/h1-2,5-6,9H,3-4,7H2,(H3,15,16,17). The van der Waals surface area contributed by atoms with Gasteiger partial charge in [0.05, 0.1) is 5.69 Å². The van der Waals surface area contributed by atoms with Crippen molar-refractivity contribution in [3.63, 3.8) is 0 Å². The van der Waals surface area contributed by atoms with Gasteiger partial charge in [-0.05, 0) is 29.7 Å². The summed E-state index contributed by atoms with van der Waals surface area (Å²) < 4.78 is 1.18. The molecule has 1 fully saturated rings. The highest BCUT2D eigenvalue weighted by Crippen LogP contribution is 2.37. The second-order valence-corrected chi connectivity index (χ2v) is 6.51. The predicted molar refractivity (Wildman–Crippen MR) is 80.8 cm³/mol. The molecule has 3 N–H and O–H groups in total. The first-order chi connectivity index (χ1) is 8.74. The van der Waals surface area contributed by atoms with Crippen LogP contribution in [0.15, 0.2) is 28.7 Å². The first kappa shape index (κ1) is 12.1. The lowest BCUT2D eigenvalue weighted by Crippen LogP contribution is -1.97. The Kier molecular flexibility index (Phi) is 3.35. The van der Waals surface area contributed by atoms with Crippen molar-refractivity contribution in [2.24, 2.45) is 0 Å². The number of nitrogens with two attached hydrogens (primary N) is 1. The van der Waals surface area contributed by atoms with E-state index in [1.54, 1.807) is 0 Å². The number of halogens is 1. The van der Waals surface area contributed by atoms with Gasteiger partial charge in [-0.15, -0.1) is 0 Å². The van der Waals surface area contributed by atoms with Gasteiger partial charge in [0.25, 0.3) is 0 Å². The zero-order chi connectivity index (χ0) is 12.5. The number of nitrogen functional groups attached to an aromatic ring is 1. The van der Waals surface area contributed by atoms with E-state index in [-0.39, 0.29) is 0 Å². The van der Waals surface area contributed by atoms with E-state index < -0.39 is 0 Å². The molecule has 0 radical (unpaired) electrons. The van der Waals surface area contributed by atoms with Gasteiger partial charge in [0, 0.05) is 21.9 Å². The number of benzene rings is 1. The van der Waals surface area contributed by atoms with Crippen LogP contribution in [0.3, 0.4) is 0 Å². The van der Waals surface area contributed by atoms with Crippen molar-refractivity contribution in [3.8, 4) is 11.3 Å².